The molecule has 2 aliphatic rings. The molecule has 29 heavy (non-hydrogen) atoms. The van der Waals surface area contributed by atoms with E-state index in [1.54, 1.807) is 4.90 Å². The number of nitrogens with one attached hydrogen (secondary N) is 2. The highest BCUT2D eigenvalue weighted by Crippen LogP contribution is 2.39. The summed E-state index contributed by atoms with van der Waals surface area (Å²) in [5.41, 5.74) is 3.93. The zero-order valence-corrected chi connectivity index (χ0v) is 17.0. The molecular weight excluding hydrogens is 364 g/mol. The van der Waals surface area contributed by atoms with Gasteiger partial charge < -0.3 is 20.4 Å². The maximum Gasteiger partial charge on any atom is 0.321 e. The van der Waals surface area contributed by atoms with E-state index in [-0.39, 0.29) is 24.0 Å². The number of amides is 3. The molecule has 0 saturated carbocycles. The fourth-order valence-electron chi connectivity index (χ4n) is 4.07. The van der Waals surface area contributed by atoms with Gasteiger partial charge in [-0.15, -0.1) is 0 Å². The van der Waals surface area contributed by atoms with E-state index < -0.39 is 0 Å². The van der Waals surface area contributed by atoms with E-state index in [4.69, 9.17) is 0 Å². The third-order valence-corrected chi connectivity index (χ3v) is 5.78. The molecule has 2 N–H and O–H groups in total. The lowest BCUT2D eigenvalue weighted by Gasteiger charge is -2.40. The molecule has 1 saturated heterocycles. The number of fused-ring (bicyclic) bond motifs is 1. The molecule has 2 aliphatic heterocycles. The first-order valence-electron chi connectivity index (χ1n) is 10.4. The number of benzene rings is 2. The van der Waals surface area contributed by atoms with Crippen LogP contribution in [0, 0.1) is 0 Å². The van der Waals surface area contributed by atoms with Gasteiger partial charge in [-0.3, -0.25) is 4.79 Å². The fourth-order valence-corrected chi connectivity index (χ4v) is 4.07. The second kappa shape index (κ2) is 8.15. The van der Waals surface area contributed by atoms with Gasteiger partial charge in [-0.05, 0) is 55.7 Å². The highest BCUT2D eigenvalue weighted by atomic mass is 16.2. The summed E-state index contributed by atoms with van der Waals surface area (Å²) in [6.07, 6.45) is 2.43. The molecular formula is C23H28N4O2. The number of hydrogen-bond acceptors (Lipinski definition) is 3. The number of urea groups is 1. The average molecular weight is 393 g/mol. The summed E-state index contributed by atoms with van der Waals surface area (Å²) < 4.78 is 0. The van der Waals surface area contributed by atoms with Crippen LogP contribution < -0.4 is 15.5 Å². The van der Waals surface area contributed by atoms with E-state index in [0.29, 0.717) is 6.42 Å². The molecule has 3 amide bonds. The largest absolute Gasteiger partial charge is 0.378 e. The minimum Gasteiger partial charge on any atom is -0.378 e. The van der Waals surface area contributed by atoms with Gasteiger partial charge in [0.15, 0.2) is 0 Å². The Morgan fingerprint density at radius 3 is 2.38 bits per heavy atom. The molecule has 1 fully saturated rings. The normalized spacial score (nSPS) is 20.5. The predicted octanol–water partition coefficient (Wildman–Crippen LogP) is 4.61. The van der Waals surface area contributed by atoms with Gasteiger partial charge in [-0.25, -0.2) is 4.79 Å². The van der Waals surface area contributed by atoms with Crippen LogP contribution >= 0.6 is 0 Å². The fraction of sp³-hybridized carbons (Fsp3) is 0.391. The van der Waals surface area contributed by atoms with Crippen LogP contribution in [0.1, 0.15) is 44.7 Å². The number of carbonyl (C=O) groups excluding carboxylic acids is 2. The highest BCUT2D eigenvalue weighted by molar-refractivity contribution is 5.95. The van der Waals surface area contributed by atoms with Crippen LogP contribution in [-0.4, -0.2) is 36.0 Å². The Labute approximate surface area is 171 Å². The van der Waals surface area contributed by atoms with E-state index in [2.05, 4.69) is 23.6 Å². The number of para-hydroxylation sites is 1. The zero-order valence-electron chi connectivity index (χ0n) is 17.0. The molecule has 152 valence electrons. The Morgan fingerprint density at radius 1 is 1.03 bits per heavy atom. The number of rotatable bonds is 4. The molecule has 0 unspecified atom stereocenters. The summed E-state index contributed by atoms with van der Waals surface area (Å²) in [6, 6.07) is 16.2. The minimum absolute atomic E-state index is 0.0346. The average Bonchev–Trinajstić information content (AvgIpc) is 2.67. The lowest BCUT2D eigenvalue weighted by molar-refractivity contribution is -0.118. The second-order valence-corrected chi connectivity index (χ2v) is 7.81. The molecule has 6 heteroatoms. The molecule has 4 rings (SSSR count). The monoisotopic (exact) mass is 392 g/mol. The molecule has 0 radical (unpaired) electrons. The molecule has 0 bridgehead atoms. The van der Waals surface area contributed by atoms with Crippen LogP contribution in [-0.2, 0) is 4.79 Å². The first kappa shape index (κ1) is 19.3. The maximum absolute atomic E-state index is 12.5. The molecule has 2 heterocycles. The summed E-state index contributed by atoms with van der Waals surface area (Å²) in [7, 11) is 0. The van der Waals surface area contributed by atoms with Gasteiger partial charge in [-0.2, -0.15) is 0 Å². The van der Waals surface area contributed by atoms with Crippen molar-refractivity contribution in [2.24, 2.45) is 0 Å². The van der Waals surface area contributed by atoms with E-state index in [0.717, 1.165) is 48.6 Å². The van der Waals surface area contributed by atoms with Crippen molar-refractivity contribution in [3.63, 3.8) is 0 Å². The number of carbonyl (C=O) groups is 2. The van der Waals surface area contributed by atoms with Gasteiger partial charge >= 0.3 is 6.03 Å². The van der Waals surface area contributed by atoms with Crippen molar-refractivity contribution in [1.29, 1.82) is 0 Å². The maximum atomic E-state index is 12.5. The standard InChI is InChI=1S/C23H28N4O2/c1-3-22(28)27-16(2)15-20(19-7-4-5-8-21(19)27)24-17-9-11-18(12-10-17)25-23(29)26-13-6-14-26/h4-5,7-12,16,20,24H,3,6,13-15H2,1-2H3,(H,25,29)/t16-,20+/m0/s1. The topological polar surface area (TPSA) is 64.7 Å². The van der Waals surface area contributed by atoms with E-state index in [1.165, 1.54) is 0 Å². The lowest BCUT2D eigenvalue weighted by atomic mass is 9.91. The molecule has 0 aromatic heterocycles. The Kier molecular flexibility index (Phi) is 5.43. The van der Waals surface area contributed by atoms with E-state index in [9.17, 15) is 9.59 Å². The van der Waals surface area contributed by atoms with Crippen molar-refractivity contribution >= 4 is 29.0 Å². The summed E-state index contributed by atoms with van der Waals surface area (Å²) in [4.78, 5) is 28.3. The minimum atomic E-state index is -0.0346. The van der Waals surface area contributed by atoms with Crippen molar-refractivity contribution in [1.82, 2.24) is 4.90 Å². The SMILES string of the molecule is CCC(=O)N1c2ccccc2[C@H](Nc2ccc(NC(=O)N3CCC3)cc2)C[C@@H]1C. The Balaban J connectivity index is 1.48. The van der Waals surface area contributed by atoms with E-state index in [1.807, 2.05) is 54.3 Å². The number of likely N-dealkylation sites (tertiary alicyclic amines) is 1. The van der Waals surface area contributed by atoms with Gasteiger partial charge in [0.2, 0.25) is 5.91 Å². The van der Waals surface area contributed by atoms with E-state index >= 15 is 0 Å². The lowest BCUT2D eigenvalue weighted by Crippen LogP contribution is -2.44. The van der Waals surface area contributed by atoms with Gasteiger partial charge in [-0.1, -0.05) is 25.1 Å². The molecule has 6 nitrogen and oxygen atoms in total. The Hall–Kier alpha value is -3.02. The summed E-state index contributed by atoms with van der Waals surface area (Å²) in [5.74, 6) is 0.158. The second-order valence-electron chi connectivity index (χ2n) is 7.81. The first-order chi connectivity index (χ1) is 14.1. The molecule has 2 aromatic rings. The number of nitrogens with zero attached hydrogens (tertiary/aromatic N) is 2. The summed E-state index contributed by atoms with van der Waals surface area (Å²) in [5, 5.41) is 6.55. The first-order valence-corrected chi connectivity index (χ1v) is 10.4. The summed E-state index contributed by atoms with van der Waals surface area (Å²) >= 11 is 0. The number of anilines is 3. The van der Waals surface area contributed by atoms with Crippen molar-refractivity contribution in [3.05, 3.63) is 54.1 Å². The van der Waals surface area contributed by atoms with Gasteiger partial charge in [0.05, 0.1) is 6.04 Å². The van der Waals surface area contributed by atoms with Gasteiger partial charge in [0.25, 0.3) is 0 Å². The third kappa shape index (κ3) is 3.92. The van der Waals surface area contributed by atoms with Crippen molar-refractivity contribution in [3.8, 4) is 0 Å². The van der Waals surface area contributed by atoms with Gasteiger partial charge in [0.1, 0.15) is 0 Å². The molecule has 2 aromatic carbocycles. The quantitative estimate of drug-likeness (QED) is 0.798. The summed E-state index contributed by atoms with van der Waals surface area (Å²) in [6.45, 7) is 5.68. The van der Waals surface area contributed by atoms with Crippen LogP contribution in [0.3, 0.4) is 0 Å². The highest BCUT2D eigenvalue weighted by Gasteiger charge is 2.32. The zero-order chi connectivity index (χ0) is 20.4. The van der Waals surface area contributed by atoms with Gasteiger partial charge in [0, 0.05) is 42.6 Å². The van der Waals surface area contributed by atoms with Crippen LogP contribution in [0.2, 0.25) is 0 Å². The Morgan fingerprint density at radius 2 is 1.72 bits per heavy atom. The predicted molar refractivity (Wildman–Crippen MR) is 116 cm³/mol. The third-order valence-electron chi connectivity index (χ3n) is 5.78. The van der Waals surface area contributed by atoms with Crippen LogP contribution in [0.5, 0.6) is 0 Å². The molecule has 0 aliphatic carbocycles. The molecule has 2 atom stereocenters. The van der Waals surface area contributed by atoms with Crippen molar-refractivity contribution in [2.75, 3.05) is 28.6 Å². The van der Waals surface area contributed by atoms with Crippen LogP contribution in [0.4, 0.5) is 21.9 Å². The number of hydrogen-bond donors (Lipinski definition) is 2. The van der Waals surface area contributed by atoms with Crippen molar-refractivity contribution < 1.29 is 9.59 Å². The van der Waals surface area contributed by atoms with Crippen LogP contribution in [0.15, 0.2) is 48.5 Å². The van der Waals surface area contributed by atoms with Crippen molar-refractivity contribution in [2.45, 2.75) is 45.2 Å². The smallest absolute Gasteiger partial charge is 0.321 e. The van der Waals surface area contributed by atoms with Crippen LogP contribution in [0.25, 0.3) is 0 Å². The Bertz CT molecular complexity index is 892. The molecule has 0 spiro atoms.